The van der Waals surface area contributed by atoms with E-state index in [1.807, 2.05) is 80.6 Å². The molecule has 2 heterocycles. The van der Waals surface area contributed by atoms with Gasteiger partial charge in [-0.25, -0.2) is 26.8 Å². The highest BCUT2D eigenvalue weighted by molar-refractivity contribution is 7.93. The van der Waals surface area contributed by atoms with E-state index in [1.165, 1.54) is 18.5 Å². The molecule has 6 rings (SSSR count). The average molecular weight is 735 g/mol. The van der Waals surface area contributed by atoms with Crippen molar-refractivity contribution >= 4 is 31.7 Å². The lowest BCUT2D eigenvalue weighted by molar-refractivity contribution is 0.304. The minimum absolute atomic E-state index is 0.0180. The first-order valence-corrected chi connectivity index (χ1v) is 19.4. The number of aryl methyl sites for hydroxylation is 2. The number of aromatic nitrogens is 2. The number of rotatable bonds is 14. The van der Waals surface area contributed by atoms with Gasteiger partial charge in [-0.1, -0.05) is 78.9 Å². The zero-order valence-electron chi connectivity index (χ0n) is 28.9. The number of sulfonamides is 2. The highest BCUT2D eigenvalue weighted by Gasteiger charge is 2.24. The Balaban J connectivity index is 1.30. The topological polar surface area (TPSA) is 137 Å². The van der Waals surface area contributed by atoms with Crippen molar-refractivity contribution in [2.24, 2.45) is 0 Å². The summed E-state index contributed by atoms with van der Waals surface area (Å²) in [7, 11) is -8.15. The van der Waals surface area contributed by atoms with E-state index in [0.717, 1.165) is 22.3 Å². The number of pyridine rings is 2. The minimum Gasteiger partial charge on any atom is -0.485 e. The van der Waals surface area contributed by atoms with Crippen molar-refractivity contribution in [3.8, 4) is 11.5 Å². The molecule has 10 nitrogen and oxygen atoms in total. The summed E-state index contributed by atoms with van der Waals surface area (Å²) in [6.07, 6.45) is 3.20. The first-order valence-electron chi connectivity index (χ1n) is 16.5. The molecule has 6 aromatic rings. The molecule has 52 heavy (non-hydrogen) atoms. The van der Waals surface area contributed by atoms with Gasteiger partial charge < -0.3 is 9.47 Å². The molecule has 0 fully saturated rings. The van der Waals surface area contributed by atoms with E-state index in [4.69, 9.17) is 9.47 Å². The Kier molecular flexibility index (Phi) is 10.9. The molecule has 0 spiro atoms. The van der Waals surface area contributed by atoms with E-state index >= 15 is 0 Å². The molecular formula is C40H38N4O6S2. The number of hydrogen-bond donors (Lipinski definition) is 2. The average Bonchev–Trinajstić information content (AvgIpc) is 3.13. The molecule has 0 unspecified atom stereocenters. The molecule has 0 aliphatic rings. The second-order valence-electron chi connectivity index (χ2n) is 12.2. The summed E-state index contributed by atoms with van der Waals surface area (Å²) in [6.45, 7) is 5.87. The van der Waals surface area contributed by atoms with E-state index in [2.05, 4.69) is 19.4 Å². The van der Waals surface area contributed by atoms with Crippen molar-refractivity contribution in [1.29, 1.82) is 0 Å². The standard InChI is InChI=1S/C40H38N4O6S2/c1-28-12-10-18-37(30(28)3)52(47,48)44-40-38(50-27-32-15-8-5-9-16-32)33(21-23-42-40)24-34-25-35(20-19-29(34)2)51(45,46)43-39-36(17-11-22-41-39)49-26-31-13-6-4-7-14-31/h4-23,25H,24,26-27H2,1-3H3,(H,41,43)(H,42,44). The van der Waals surface area contributed by atoms with Gasteiger partial charge in [-0.2, -0.15) is 0 Å². The predicted molar refractivity (Wildman–Crippen MR) is 202 cm³/mol. The molecule has 0 amide bonds. The number of nitrogens with zero attached hydrogens (tertiary/aromatic N) is 2. The molecular weight excluding hydrogens is 697 g/mol. The van der Waals surface area contributed by atoms with Crippen LogP contribution in [0.15, 0.2) is 137 Å². The van der Waals surface area contributed by atoms with Crippen LogP contribution in [0, 0.1) is 20.8 Å². The van der Waals surface area contributed by atoms with Crippen molar-refractivity contribution < 1.29 is 26.3 Å². The molecule has 0 bridgehead atoms. The van der Waals surface area contributed by atoms with Gasteiger partial charge in [0.2, 0.25) is 0 Å². The van der Waals surface area contributed by atoms with Crippen molar-refractivity contribution in [1.82, 2.24) is 9.97 Å². The van der Waals surface area contributed by atoms with Gasteiger partial charge in [0.1, 0.15) is 13.2 Å². The van der Waals surface area contributed by atoms with Crippen LogP contribution in [-0.2, 0) is 39.7 Å². The molecule has 0 atom stereocenters. The summed E-state index contributed by atoms with van der Waals surface area (Å²) < 4.78 is 72.3. The van der Waals surface area contributed by atoms with Gasteiger partial charge in [0, 0.05) is 24.4 Å². The molecule has 2 aromatic heterocycles. The highest BCUT2D eigenvalue weighted by atomic mass is 32.2. The Morgan fingerprint density at radius 1 is 0.577 bits per heavy atom. The quantitative estimate of drug-likeness (QED) is 0.116. The van der Waals surface area contributed by atoms with Crippen molar-refractivity contribution in [3.05, 3.63) is 167 Å². The summed E-state index contributed by atoms with van der Waals surface area (Å²) in [6, 6.07) is 34.0. The molecule has 266 valence electrons. The predicted octanol–water partition coefficient (Wildman–Crippen LogP) is 7.75. The van der Waals surface area contributed by atoms with Crippen molar-refractivity contribution in [3.63, 3.8) is 0 Å². The molecule has 0 aliphatic heterocycles. The first-order chi connectivity index (χ1) is 25.0. The number of hydrogen-bond acceptors (Lipinski definition) is 8. The van der Waals surface area contributed by atoms with E-state index in [9.17, 15) is 16.8 Å². The smallest absolute Gasteiger partial charge is 0.263 e. The highest BCUT2D eigenvalue weighted by Crippen LogP contribution is 2.34. The number of ether oxygens (including phenoxy) is 2. The lowest BCUT2D eigenvalue weighted by atomic mass is 10.0. The Morgan fingerprint density at radius 3 is 1.94 bits per heavy atom. The van der Waals surface area contributed by atoms with Gasteiger partial charge in [-0.15, -0.1) is 0 Å². The molecule has 4 aromatic carbocycles. The van der Waals surface area contributed by atoms with Crippen LogP contribution in [0.25, 0.3) is 0 Å². The second-order valence-corrected chi connectivity index (χ2v) is 15.6. The number of anilines is 2. The number of nitrogens with one attached hydrogen (secondary N) is 2. The van der Waals surface area contributed by atoms with Gasteiger partial charge in [0.05, 0.1) is 9.79 Å². The number of benzene rings is 4. The van der Waals surface area contributed by atoms with Gasteiger partial charge in [-0.05, 0) is 90.6 Å². The van der Waals surface area contributed by atoms with Crippen LogP contribution in [0.5, 0.6) is 11.5 Å². The zero-order valence-corrected chi connectivity index (χ0v) is 30.5. The van der Waals surface area contributed by atoms with E-state index in [0.29, 0.717) is 16.7 Å². The maximum absolute atomic E-state index is 13.7. The fourth-order valence-corrected chi connectivity index (χ4v) is 7.91. The maximum Gasteiger partial charge on any atom is 0.263 e. The lowest BCUT2D eigenvalue weighted by Gasteiger charge is -2.18. The third kappa shape index (κ3) is 8.59. The Morgan fingerprint density at radius 2 is 1.23 bits per heavy atom. The third-order valence-corrected chi connectivity index (χ3v) is 11.4. The molecule has 0 saturated carbocycles. The maximum atomic E-state index is 13.7. The van der Waals surface area contributed by atoms with Gasteiger partial charge in [0.25, 0.3) is 20.0 Å². The molecule has 2 N–H and O–H groups in total. The monoisotopic (exact) mass is 734 g/mol. The van der Waals surface area contributed by atoms with Crippen LogP contribution in [-0.4, -0.2) is 26.8 Å². The van der Waals surface area contributed by atoms with E-state index in [1.54, 1.807) is 49.4 Å². The molecule has 12 heteroatoms. The summed E-state index contributed by atoms with van der Waals surface area (Å²) >= 11 is 0. The molecule has 0 saturated heterocycles. The van der Waals surface area contributed by atoms with Gasteiger partial charge >= 0.3 is 0 Å². The van der Waals surface area contributed by atoms with Crippen LogP contribution in [0.4, 0.5) is 11.6 Å². The summed E-state index contributed by atoms with van der Waals surface area (Å²) in [5, 5.41) is 0. The van der Waals surface area contributed by atoms with Gasteiger partial charge in [-0.3, -0.25) is 9.44 Å². The Bertz CT molecular complexity index is 2410. The van der Waals surface area contributed by atoms with E-state index < -0.39 is 20.0 Å². The fourth-order valence-electron chi connectivity index (χ4n) is 5.50. The normalized spacial score (nSPS) is 11.5. The first kappa shape index (κ1) is 36.1. The van der Waals surface area contributed by atoms with Crippen LogP contribution >= 0.6 is 0 Å². The molecule has 0 aliphatic carbocycles. The van der Waals surface area contributed by atoms with E-state index in [-0.39, 0.29) is 52.6 Å². The van der Waals surface area contributed by atoms with Crippen molar-refractivity contribution in [2.45, 2.75) is 50.2 Å². The van der Waals surface area contributed by atoms with Gasteiger partial charge in [0.15, 0.2) is 23.1 Å². The van der Waals surface area contributed by atoms with Crippen LogP contribution in [0.3, 0.4) is 0 Å². The Hall–Kier alpha value is -5.72. The van der Waals surface area contributed by atoms with Crippen LogP contribution < -0.4 is 18.9 Å². The Labute approximate surface area is 304 Å². The summed E-state index contributed by atoms with van der Waals surface area (Å²) in [5.74, 6) is 0.609. The fraction of sp³-hybridized carbons (Fsp3) is 0.150. The third-order valence-electron chi connectivity index (χ3n) is 8.54. The summed E-state index contributed by atoms with van der Waals surface area (Å²) in [4.78, 5) is 8.78. The van der Waals surface area contributed by atoms with Crippen LogP contribution in [0.2, 0.25) is 0 Å². The minimum atomic E-state index is -4.10. The lowest BCUT2D eigenvalue weighted by Crippen LogP contribution is -2.17. The molecule has 0 radical (unpaired) electrons. The van der Waals surface area contributed by atoms with Crippen LogP contribution in [0.1, 0.15) is 38.9 Å². The largest absolute Gasteiger partial charge is 0.485 e. The van der Waals surface area contributed by atoms with Crippen molar-refractivity contribution in [2.75, 3.05) is 9.44 Å². The zero-order chi connectivity index (χ0) is 36.7. The summed E-state index contributed by atoms with van der Waals surface area (Å²) in [5.41, 5.74) is 5.38. The second kappa shape index (κ2) is 15.7. The SMILES string of the molecule is Cc1ccc(S(=O)(=O)Nc2ncccc2OCc2ccccc2)cc1Cc1ccnc(NS(=O)(=O)c2cccc(C)c2C)c1OCc1ccccc1.